The van der Waals surface area contributed by atoms with Gasteiger partial charge >= 0.3 is 0 Å². The van der Waals surface area contributed by atoms with Gasteiger partial charge in [-0.3, -0.25) is 14.3 Å². The molecule has 2 amide bonds. The van der Waals surface area contributed by atoms with Gasteiger partial charge in [0.1, 0.15) is 5.75 Å². The number of hydrogen-bond acceptors (Lipinski definition) is 6. The molecule has 2 aliphatic rings. The fourth-order valence-electron chi connectivity index (χ4n) is 7.29. The van der Waals surface area contributed by atoms with E-state index in [1.165, 1.54) is 13.8 Å². The number of benzene rings is 2. The van der Waals surface area contributed by atoms with Crippen molar-refractivity contribution in [3.63, 3.8) is 0 Å². The monoisotopic (exact) mass is 950 g/mol. The molecule has 0 spiro atoms. The zero-order chi connectivity index (χ0) is 36.8. The van der Waals surface area contributed by atoms with Crippen molar-refractivity contribution in [2.24, 2.45) is 0 Å². The Morgan fingerprint density at radius 1 is 1.04 bits per heavy atom. The third-order valence-electron chi connectivity index (χ3n) is 10.3. The van der Waals surface area contributed by atoms with Crippen molar-refractivity contribution < 1.29 is 53.9 Å². The number of nitrogens with zero attached hydrogens (tertiary/aromatic N) is 4. The topological polar surface area (TPSA) is 116 Å². The Labute approximate surface area is 331 Å². The van der Waals surface area contributed by atoms with Gasteiger partial charge in [-0.1, -0.05) is 26.3 Å². The van der Waals surface area contributed by atoms with E-state index in [1.807, 2.05) is 34.7 Å². The number of carbonyl (C=O) groups is 2. The van der Waals surface area contributed by atoms with Crippen molar-refractivity contribution in [2.75, 3.05) is 20.2 Å². The van der Waals surface area contributed by atoms with Gasteiger partial charge in [-0.05, 0) is 106 Å². The summed E-state index contributed by atoms with van der Waals surface area (Å²) in [5, 5.41) is 5.21. The third kappa shape index (κ3) is 7.40. The number of nitrogens with one attached hydrogen (secondary N) is 1. The summed E-state index contributed by atoms with van der Waals surface area (Å²) in [6.07, 6.45) is 8.25. The summed E-state index contributed by atoms with van der Waals surface area (Å²) in [6, 6.07) is 11.5. The van der Waals surface area contributed by atoms with Gasteiger partial charge < -0.3 is 20.6 Å². The number of amides is 2. The molecule has 0 bridgehead atoms. The Balaban J connectivity index is 0.00000523. The van der Waals surface area contributed by atoms with Gasteiger partial charge in [0.05, 0.1) is 41.5 Å². The van der Waals surface area contributed by atoms with Crippen LogP contribution in [-0.4, -0.2) is 64.9 Å². The molecule has 1 atom stereocenters. The normalized spacial score (nSPS) is 15.3. The van der Waals surface area contributed by atoms with Gasteiger partial charge in [-0.15, -0.1) is 6.54 Å². The third-order valence-corrected chi connectivity index (χ3v) is 12.0. The second-order valence-electron chi connectivity index (χ2n) is 14.4. The van der Waals surface area contributed by atoms with E-state index >= 15 is 0 Å². The largest absolute Gasteiger partial charge is 0.497 e. The molecule has 1 fully saturated rings. The molecule has 4 aromatic rings. The molecular formula is C40H50N5O5SU-. The second kappa shape index (κ2) is 16.0. The maximum atomic E-state index is 14.5. The van der Waals surface area contributed by atoms with Crippen LogP contribution in [0, 0.1) is 44.5 Å². The number of sulfonamides is 1. The number of hydrogen-bond donors (Lipinski definition) is 1. The van der Waals surface area contributed by atoms with Crippen molar-refractivity contribution in [1.29, 1.82) is 0 Å². The Bertz CT molecular complexity index is 2140. The van der Waals surface area contributed by atoms with Crippen LogP contribution in [0.15, 0.2) is 36.4 Å². The van der Waals surface area contributed by atoms with Crippen molar-refractivity contribution in [1.82, 2.24) is 24.0 Å². The zero-order valence-corrected chi connectivity index (χ0v) is 36.5. The first-order chi connectivity index (χ1) is 24.3. The molecule has 1 N–H and O–H groups in total. The summed E-state index contributed by atoms with van der Waals surface area (Å²) < 4.78 is 37.6. The van der Waals surface area contributed by atoms with Crippen molar-refractivity contribution in [2.45, 2.75) is 97.9 Å². The minimum atomic E-state index is -3.84. The van der Waals surface area contributed by atoms with E-state index in [9.17, 15) is 18.0 Å². The molecule has 1 unspecified atom stereocenters. The van der Waals surface area contributed by atoms with E-state index in [0.717, 1.165) is 70.2 Å². The number of allylic oxidation sites excluding steroid dienone is 1. The van der Waals surface area contributed by atoms with Gasteiger partial charge in [-0.2, -0.15) is 11.5 Å². The molecule has 2 aliphatic heterocycles. The Kier molecular flexibility index (Phi) is 12.2. The molecule has 12 heteroatoms. The van der Waals surface area contributed by atoms with Crippen molar-refractivity contribution in [3.05, 3.63) is 76.5 Å². The van der Waals surface area contributed by atoms with Crippen LogP contribution in [0.1, 0.15) is 122 Å². The quantitative estimate of drug-likeness (QED) is 0.172. The molecule has 0 radical (unpaired) electrons. The number of aromatic nitrogens is 3. The number of methoxy groups -OCH3 is 1. The van der Waals surface area contributed by atoms with Crippen LogP contribution in [0.4, 0.5) is 0 Å². The number of ether oxygens (including phenoxy) is 1. The van der Waals surface area contributed by atoms with E-state index in [-0.39, 0.29) is 54.5 Å². The van der Waals surface area contributed by atoms with Gasteiger partial charge in [0.25, 0.3) is 11.8 Å². The van der Waals surface area contributed by atoms with Crippen LogP contribution < -0.4 is 9.46 Å². The maximum absolute atomic E-state index is 14.5. The molecule has 0 aliphatic carbocycles. The summed E-state index contributed by atoms with van der Waals surface area (Å²) in [6.45, 7) is 15.2. The molecule has 52 heavy (non-hydrogen) atoms. The van der Waals surface area contributed by atoms with Crippen LogP contribution in [0.25, 0.3) is 33.8 Å². The number of likely N-dealkylation sites (tertiary alicyclic amines) is 1. The molecule has 2 aromatic carbocycles. The predicted octanol–water partition coefficient (Wildman–Crippen LogP) is 7.77. The minimum Gasteiger partial charge on any atom is -0.497 e. The first kappa shape index (κ1) is 39.9. The number of rotatable bonds is 9. The smallest absolute Gasteiger partial charge is 0.264 e. The van der Waals surface area contributed by atoms with Crippen LogP contribution in [0.2, 0.25) is 0 Å². The van der Waals surface area contributed by atoms with Crippen LogP contribution in [0.3, 0.4) is 0 Å². The van der Waals surface area contributed by atoms with Crippen LogP contribution >= 0.6 is 0 Å². The Morgan fingerprint density at radius 3 is 2.46 bits per heavy atom. The molecule has 10 nitrogen and oxygen atoms in total. The standard InChI is InChI=1S/C40H50N5O5S.U/c1-9-26(6)35-33-16-14-28(39(46)42-51(48,49)25(4)5)22-34(33)44-23-30(20-29-21-31(50-8)15-17-32(29)38(35)44)37-36(27(7)41-45(37)24(2)3)40(47)43-18-12-10-11-13-19-43;/h12,14-17,20-22,24-26H,9-11,13,18-19,23H2,1-8H3,(H,42,46);/q-1;. The van der Waals surface area contributed by atoms with E-state index < -0.39 is 21.2 Å². The van der Waals surface area contributed by atoms with E-state index in [0.29, 0.717) is 36.6 Å². The summed E-state index contributed by atoms with van der Waals surface area (Å²) >= 11 is 0. The van der Waals surface area contributed by atoms with Crippen molar-refractivity contribution >= 4 is 44.4 Å². The first-order valence-corrected chi connectivity index (χ1v) is 19.6. The number of fused-ring (bicyclic) bond motifs is 5. The van der Waals surface area contributed by atoms with Crippen LogP contribution in [-0.2, 0) is 16.6 Å². The van der Waals surface area contributed by atoms with Gasteiger partial charge in [-0.25, -0.2) is 13.1 Å². The summed E-state index contributed by atoms with van der Waals surface area (Å²) in [5.41, 5.74) is 8.18. The maximum Gasteiger partial charge on any atom is 0.264 e. The molecule has 1 saturated heterocycles. The average Bonchev–Trinajstić information content (AvgIpc) is 3.37. The van der Waals surface area contributed by atoms with Gasteiger partial charge in [0.2, 0.25) is 10.0 Å². The summed E-state index contributed by atoms with van der Waals surface area (Å²) in [7, 11) is -2.18. The predicted molar refractivity (Wildman–Crippen MR) is 203 cm³/mol. The minimum absolute atomic E-state index is 0. The molecule has 0 saturated carbocycles. The fourth-order valence-corrected chi connectivity index (χ4v) is 7.90. The first-order valence-electron chi connectivity index (χ1n) is 18.1. The number of aryl methyl sites for hydroxylation is 1. The fraction of sp³-hybridized carbons (Fsp3) is 0.450. The Morgan fingerprint density at radius 2 is 1.79 bits per heavy atom. The van der Waals surface area contributed by atoms with Gasteiger partial charge in [0, 0.05) is 65.7 Å². The number of carbonyl (C=O) groups excluding carboxylic acids is 2. The second-order valence-corrected chi connectivity index (χ2v) is 16.7. The summed E-state index contributed by atoms with van der Waals surface area (Å²) in [5.74, 6) is 0.193. The molecule has 4 heterocycles. The van der Waals surface area contributed by atoms with E-state index in [1.54, 1.807) is 19.2 Å². The molecule has 2 aromatic heterocycles. The van der Waals surface area contributed by atoms with E-state index in [2.05, 4.69) is 55.5 Å². The Hall–Kier alpha value is -3.33. The van der Waals surface area contributed by atoms with E-state index in [4.69, 9.17) is 9.84 Å². The average molecular weight is 951 g/mol. The van der Waals surface area contributed by atoms with Gasteiger partial charge in [0.15, 0.2) is 0 Å². The molecular weight excluding hydrogens is 901 g/mol. The van der Waals surface area contributed by atoms with Crippen molar-refractivity contribution in [3.8, 4) is 17.0 Å². The summed E-state index contributed by atoms with van der Waals surface area (Å²) in [4.78, 5) is 29.9. The molecule has 276 valence electrons. The zero-order valence-electron chi connectivity index (χ0n) is 31.5. The van der Waals surface area contributed by atoms with Crippen LogP contribution in [0.5, 0.6) is 5.75 Å². The molecule has 6 rings (SSSR count). The SMILES string of the molecule is CCC(C)c1c2n(c3cc(C(=O)NS(=O)(=O)C(C)C)ccc13)CC(c1c(C(=O)N3C[CH-]CCCC3)c(C)nn1C(C)C)=Cc1cc(OC)ccc1-2.[U].